The standard InChI is InChI=1S/C27H29BrN10O3/c1-16-6-7-17(2)36(16)31-25(39)23-24(26(40)32-37-18(3)8-9-19(37)4)35(33-29-23)15-14-34-20(5)30-38(27(34)41)22-12-10-21(28)11-13-22/h6-13H,14-15H2,1-5H3,(H,31,39)(H,32,40). The zero-order chi connectivity index (χ0) is 29.4. The molecule has 4 aromatic heterocycles. The van der Waals surface area contributed by atoms with Crippen LogP contribution in [-0.4, -0.2) is 50.5 Å². The third-order valence-electron chi connectivity index (χ3n) is 6.79. The highest BCUT2D eigenvalue weighted by molar-refractivity contribution is 9.10. The summed E-state index contributed by atoms with van der Waals surface area (Å²) >= 11 is 3.39. The number of nitrogens with one attached hydrogen (secondary N) is 2. The van der Waals surface area contributed by atoms with Crippen molar-refractivity contribution in [1.29, 1.82) is 0 Å². The molecule has 0 aliphatic carbocycles. The van der Waals surface area contributed by atoms with Crippen LogP contribution in [0.25, 0.3) is 5.69 Å². The maximum Gasteiger partial charge on any atom is 0.350 e. The quantitative estimate of drug-likeness (QED) is 0.273. The summed E-state index contributed by atoms with van der Waals surface area (Å²) in [4.78, 5) is 40.2. The first kappa shape index (κ1) is 27.8. The summed E-state index contributed by atoms with van der Waals surface area (Å²) in [7, 11) is 0. The lowest BCUT2D eigenvalue weighted by molar-refractivity contribution is 0.0966. The molecule has 0 spiro atoms. The summed E-state index contributed by atoms with van der Waals surface area (Å²) in [6.07, 6.45) is 0. The van der Waals surface area contributed by atoms with E-state index in [4.69, 9.17) is 0 Å². The smallest absolute Gasteiger partial charge is 0.277 e. The van der Waals surface area contributed by atoms with Gasteiger partial charge in [-0.05, 0) is 83.1 Å². The molecule has 0 aliphatic rings. The van der Waals surface area contributed by atoms with Gasteiger partial charge < -0.3 is 0 Å². The van der Waals surface area contributed by atoms with Gasteiger partial charge in [0.1, 0.15) is 5.82 Å². The predicted molar refractivity (Wildman–Crippen MR) is 155 cm³/mol. The number of carbonyl (C=O) groups excluding carboxylic acids is 2. The van der Waals surface area contributed by atoms with Crippen molar-refractivity contribution in [2.45, 2.75) is 47.7 Å². The van der Waals surface area contributed by atoms with E-state index in [1.165, 1.54) is 13.9 Å². The number of hydrogen-bond donors (Lipinski definition) is 2. The second-order valence-electron chi connectivity index (χ2n) is 9.66. The molecule has 0 saturated carbocycles. The van der Waals surface area contributed by atoms with Crippen molar-refractivity contribution in [3.8, 4) is 5.69 Å². The molecule has 5 aromatic rings. The van der Waals surface area contributed by atoms with Crippen molar-refractivity contribution < 1.29 is 9.59 Å². The van der Waals surface area contributed by atoms with Crippen LogP contribution in [0.1, 0.15) is 49.6 Å². The van der Waals surface area contributed by atoms with Crippen LogP contribution in [0, 0.1) is 34.6 Å². The average molecular weight is 622 g/mol. The van der Waals surface area contributed by atoms with Crippen LogP contribution < -0.4 is 16.5 Å². The van der Waals surface area contributed by atoms with Crippen molar-refractivity contribution >= 4 is 27.7 Å². The molecular formula is C27H29BrN10O3. The first-order valence-electron chi connectivity index (χ1n) is 12.8. The molecule has 41 heavy (non-hydrogen) atoms. The SMILES string of the molecule is Cc1ccc(C)n1NC(=O)c1nnn(CCn2c(C)nn(-c3ccc(Br)cc3)c2=O)c1C(=O)Nn1c(C)ccc1C. The van der Waals surface area contributed by atoms with E-state index in [-0.39, 0.29) is 30.2 Å². The van der Waals surface area contributed by atoms with Crippen LogP contribution in [0.5, 0.6) is 0 Å². The summed E-state index contributed by atoms with van der Waals surface area (Å²) in [5.41, 5.74) is 8.94. The van der Waals surface area contributed by atoms with E-state index < -0.39 is 11.8 Å². The minimum absolute atomic E-state index is 0.0385. The predicted octanol–water partition coefficient (Wildman–Crippen LogP) is 3.00. The fourth-order valence-corrected chi connectivity index (χ4v) is 4.81. The Labute approximate surface area is 243 Å². The van der Waals surface area contributed by atoms with Gasteiger partial charge in [-0.25, -0.2) is 9.48 Å². The van der Waals surface area contributed by atoms with Crippen molar-refractivity contribution in [1.82, 2.24) is 38.7 Å². The summed E-state index contributed by atoms with van der Waals surface area (Å²) in [5.74, 6) is -0.682. The van der Waals surface area contributed by atoms with E-state index >= 15 is 0 Å². The van der Waals surface area contributed by atoms with Crippen molar-refractivity contribution in [2.75, 3.05) is 10.9 Å². The van der Waals surface area contributed by atoms with Crippen LogP contribution in [-0.2, 0) is 13.1 Å². The molecule has 212 valence electrons. The molecule has 0 bridgehead atoms. The van der Waals surface area contributed by atoms with Gasteiger partial charge in [0, 0.05) is 33.8 Å². The van der Waals surface area contributed by atoms with Crippen LogP contribution >= 0.6 is 15.9 Å². The highest BCUT2D eigenvalue weighted by Gasteiger charge is 2.27. The maximum absolute atomic E-state index is 13.6. The van der Waals surface area contributed by atoms with Gasteiger partial charge in [-0.2, -0.15) is 9.78 Å². The molecule has 0 saturated heterocycles. The van der Waals surface area contributed by atoms with Gasteiger partial charge in [-0.1, -0.05) is 21.1 Å². The van der Waals surface area contributed by atoms with Crippen molar-refractivity contribution in [3.05, 3.63) is 103 Å². The normalized spacial score (nSPS) is 11.2. The Morgan fingerprint density at radius 1 is 0.780 bits per heavy atom. The molecule has 2 amide bonds. The Kier molecular flexibility index (Phi) is 7.49. The first-order valence-corrected chi connectivity index (χ1v) is 13.6. The van der Waals surface area contributed by atoms with Gasteiger partial charge >= 0.3 is 5.69 Å². The maximum atomic E-state index is 13.6. The summed E-state index contributed by atoms with van der Waals surface area (Å²) in [6.45, 7) is 9.36. The second kappa shape index (κ2) is 11.0. The van der Waals surface area contributed by atoms with Crippen molar-refractivity contribution in [2.24, 2.45) is 0 Å². The molecule has 14 heteroatoms. The number of aryl methyl sites for hydroxylation is 6. The number of rotatable bonds is 8. The zero-order valence-corrected chi connectivity index (χ0v) is 24.8. The molecule has 0 unspecified atom stereocenters. The van der Waals surface area contributed by atoms with Crippen LogP contribution in [0.3, 0.4) is 0 Å². The minimum atomic E-state index is -0.596. The Hall–Kier alpha value is -4.72. The first-order chi connectivity index (χ1) is 19.5. The Bertz CT molecular complexity index is 1780. The van der Waals surface area contributed by atoms with Gasteiger partial charge in [-0.3, -0.25) is 34.4 Å². The molecule has 0 aliphatic heterocycles. The number of hydrogen-bond acceptors (Lipinski definition) is 6. The Morgan fingerprint density at radius 3 is 1.88 bits per heavy atom. The number of halogens is 1. The van der Waals surface area contributed by atoms with E-state index in [0.29, 0.717) is 11.5 Å². The van der Waals surface area contributed by atoms with E-state index in [2.05, 4.69) is 42.2 Å². The highest BCUT2D eigenvalue weighted by Crippen LogP contribution is 2.14. The van der Waals surface area contributed by atoms with Crippen LogP contribution in [0.15, 0.2) is 57.8 Å². The molecule has 1 aromatic carbocycles. The molecule has 4 heterocycles. The molecule has 2 N–H and O–H groups in total. The van der Waals surface area contributed by atoms with E-state index in [0.717, 1.165) is 27.2 Å². The average Bonchev–Trinajstić information content (AvgIpc) is 3.67. The third kappa shape index (κ3) is 5.37. The fraction of sp³-hybridized carbons (Fsp3) is 0.259. The number of aromatic nitrogens is 8. The van der Waals surface area contributed by atoms with Gasteiger partial charge in [0.05, 0.1) is 12.2 Å². The molecule has 13 nitrogen and oxygen atoms in total. The van der Waals surface area contributed by atoms with Gasteiger partial charge in [0.25, 0.3) is 11.8 Å². The summed E-state index contributed by atoms with van der Waals surface area (Å²) < 4.78 is 8.25. The van der Waals surface area contributed by atoms with Gasteiger partial charge in [0.2, 0.25) is 0 Å². The monoisotopic (exact) mass is 620 g/mol. The lowest BCUT2D eigenvalue weighted by atomic mass is 10.3. The lowest BCUT2D eigenvalue weighted by Gasteiger charge is -2.14. The van der Waals surface area contributed by atoms with Gasteiger partial charge in [0.15, 0.2) is 11.4 Å². The van der Waals surface area contributed by atoms with E-state index in [9.17, 15) is 14.4 Å². The van der Waals surface area contributed by atoms with Crippen molar-refractivity contribution in [3.63, 3.8) is 0 Å². The summed E-state index contributed by atoms with van der Waals surface area (Å²) in [5, 5.41) is 12.6. The van der Waals surface area contributed by atoms with Gasteiger partial charge in [-0.15, -0.1) is 5.10 Å². The van der Waals surface area contributed by atoms with Crippen LogP contribution in [0.2, 0.25) is 0 Å². The largest absolute Gasteiger partial charge is 0.350 e. The second-order valence-corrected chi connectivity index (χ2v) is 10.6. The number of amides is 2. The molecule has 0 fully saturated rings. The van der Waals surface area contributed by atoms with E-state index in [1.54, 1.807) is 28.4 Å². The summed E-state index contributed by atoms with van der Waals surface area (Å²) in [6, 6.07) is 14.7. The number of benzene rings is 1. The molecule has 5 rings (SSSR count). The minimum Gasteiger partial charge on any atom is -0.277 e. The number of nitrogens with zero attached hydrogens (tertiary/aromatic N) is 8. The topological polar surface area (TPSA) is 139 Å². The number of carbonyl (C=O) groups is 2. The fourth-order valence-electron chi connectivity index (χ4n) is 4.54. The Morgan fingerprint density at radius 2 is 1.32 bits per heavy atom. The van der Waals surface area contributed by atoms with Crippen LogP contribution in [0.4, 0.5) is 0 Å². The Balaban J connectivity index is 1.47. The zero-order valence-electron chi connectivity index (χ0n) is 23.2. The molecular weight excluding hydrogens is 592 g/mol. The highest BCUT2D eigenvalue weighted by atomic mass is 79.9. The molecule has 0 atom stereocenters. The third-order valence-corrected chi connectivity index (χ3v) is 7.32. The lowest BCUT2D eigenvalue weighted by Crippen LogP contribution is -2.32. The molecule has 0 radical (unpaired) electrons. The van der Waals surface area contributed by atoms with E-state index in [1.807, 2.05) is 64.1 Å².